The van der Waals surface area contributed by atoms with Crippen molar-refractivity contribution >= 4 is 44.9 Å². The van der Waals surface area contributed by atoms with Gasteiger partial charge in [0.15, 0.2) is 11.0 Å². The fourth-order valence-corrected chi connectivity index (χ4v) is 8.05. The van der Waals surface area contributed by atoms with E-state index in [0.29, 0.717) is 21.6 Å². The summed E-state index contributed by atoms with van der Waals surface area (Å²) >= 11 is 7.30. The summed E-state index contributed by atoms with van der Waals surface area (Å²) in [4.78, 5) is 20.8. The van der Waals surface area contributed by atoms with Gasteiger partial charge in [-0.2, -0.15) is 0 Å². The van der Waals surface area contributed by atoms with E-state index in [1.807, 2.05) is 6.07 Å². The first-order valence-corrected chi connectivity index (χ1v) is 15.7. The van der Waals surface area contributed by atoms with Crippen LogP contribution in [0.25, 0.3) is 0 Å². The minimum atomic E-state index is -0.0957. The lowest BCUT2D eigenvalue weighted by molar-refractivity contribution is -0.125. The maximum Gasteiger partial charge on any atom is 0.243 e. The maximum atomic E-state index is 13.8. The molecule has 2 aromatic rings. The van der Waals surface area contributed by atoms with Gasteiger partial charge in [-0.25, -0.2) is 0 Å². The number of anilines is 3. The first-order chi connectivity index (χ1) is 19.0. The first kappa shape index (κ1) is 27.1. The van der Waals surface area contributed by atoms with Crippen molar-refractivity contribution in [1.82, 2.24) is 30.2 Å². The number of halogens is 1. The van der Waals surface area contributed by atoms with E-state index in [0.717, 1.165) is 69.5 Å². The molecule has 2 N–H and O–H groups in total. The van der Waals surface area contributed by atoms with Crippen LogP contribution in [0.15, 0.2) is 12.1 Å². The number of carbonyl (C=O) groups excluding carboxylic acids is 1. The number of carbonyl (C=O) groups is 1. The van der Waals surface area contributed by atoms with E-state index in [9.17, 15) is 4.79 Å². The van der Waals surface area contributed by atoms with Crippen LogP contribution in [-0.2, 0) is 4.79 Å². The summed E-state index contributed by atoms with van der Waals surface area (Å²) in [7, 11) is 2.17. The van der Waals surface area contributed by atoms with Crippen LogP contribution in [0.5, 0.6) is 0 Å². The standard InChI is InChI=1S/C27H40ClN9OS/c1-35-14-16-36(17-15-35)23(19-6-11-27(12-7-19)9-2-3-10-27)24(38)30-26-34-33-25(39-26)29-20-8-13-37(18-20)22-5-4-21(28)31-32-22/h4-5,19-20,23H,2-3,6-18H2,1H3,(H,29,33)(H,30,34,38)/t20-,23-/m1/s1. The normalized spacial score (nSPS) is 25.3. The molecule has 10 nitrogen and oxygen atoms in total. The van der Waals surface area contributed by atoms with E-state index in [2.05, 4.69) is 52.8 Å². The molecule has 4 aliphatic rings. The van der Waals surface area contributed by atoms with Gasteiger partial charge in [0, 0.05) is 45.3 Å². The van der Waals surface area contributed by atoms with Crippen LogP contribution in [0.2, 0.25) is 5.15 Å². The highest BCUT2D eigenvalue weighted by Crippen LogP contribution is 2.51. The Kier molecular flexibility index (Phi) is 8.20. The molecule has 12 heteroatoms. The SMILES string of the molecule is CN1CCN([C@@H](C(=O)Nc2nnc(N[C@@H]3CCN(c4ccc(Cl)nn4)C3)s2)C2CCC3(CCCC3)CC2)CC1. The highest BCUT2D eigenvalue weighted by molar-refractivity contribution is 7.19. The van der Waals surface area contributed by atoms with Gasteiger partial charge < -0.3 is 15.1 Å². The highest BCUT2D eigenvalue weighted by atomic mass is 35.5. The number of aromatic nitrogens is 4. The van der Waals surface area contributed by atoms with E-state index in [1.165, 1.54) is 49.9 Å². The van der Waals surface area contributed by atoms with Crippen LogP contribution in [-0.4, -0.2) is 94.5 Å². The third-order valence-electron chi connectivity index (χ3n) is 9.51. The van der Waals surface area contributed by atoms with Gasteiger partial charge in [0.1, 0.15) is 0 Å². The molecule has 1 amide bonds. The molecule has 6 rings (SSSR count). The quantitative estimate of drug-likeness (QED) is 0.509. The van der Waals surface area contributed by atoms with Crippen molar-refractivity contribution in [3.8, 4) is 0 Å². The van der Waals surface area contributed by atoms with Crippen LogP contribution < -0.4 is 15.5 Å². The summed E-state index contributed by atoms with van der Waals surface area (Å²) in [6, 6.07) is 3.79. The third-order valence-corrected chi connectivity index (χ3v) is 10.5. The zero-order valence-corrected chi connectivity index (χ0v) is 24.4. The molecule has 39 heavy (non-hydrogen) atoms. The summed E-state index contributed by atoms with van der Waals surface area (Å²) in [5.74, 6) is 1.32. The second-order valence-electron chi connectivity index (χ2n) is 12.0. The van der Waals surface area contributed by atoms with E-state index >= 15 is 0 Å². The van der Waals surface area contributed by atoms with Gasteiger partial charge in [0.2, 0.25) is 16.2 Å². The predicted octanol–water partition coefficient (Wildman–Crippen LogP) is 3.98. The van der Waals surface area contributed by atoms with Gasteiger partial charge in [-0.1, -0.05) is 35.8 Å². The van der Waals surface area contributed by atoms with Crippen LogP contribution in [0.3, 0.4) is 0 Å². The number of piperazine rings is 1. The number of nitrogens with zero attached hydrogens (tertiary/aromatic N) is 7. The average molecular weight is 574 g/mol. The first-order valence-electron chi connectivity index (χ1n) is 14.5. The van der Waals surface area contributed by atoms with Crippen LogP contribution >= 0.6 is 22.9 Å². The molecular weight excluding hydrogens is 534 g/mol. The minimum Gasteiger partial charge on any atom is -0.355 e. The second-order valence-corrected chi connectivity index (χ2v) is 13.4. The fraction of sp³-hybridized carbons (Fsp3) is 0.741. The molecule has 212 valence electrons. The van der Waals surface area contributed by atoms with Crippen molar-refractivity contribution in [3.05, 3.63) is 17.3 Å². The Morgan fingerprint density at radius 2 is 1.72 bits per heavy atom. The smallest absolute Gasteiger partial charge is 0.243 e. The van der Waals surface area contributed by atoms with Crippen LogP contribution in [0, 0.1) is 11.3 Å². The monoisotopic (exact) mass is 573 g/mol. The van der Waals surface area contributed by atoms with Crippen molar-refractivity contribution in [3.63, 3.8) is 0 Å². The van der Waals surface area contributed by atoms with E-state index in [4.69, 9.17) is 11.6 Å². The van der Waals surface area contributed by atoms with Crippen molar-refractivity contribution in [2.45, 2.75) is 69.9 Å². The number of rotatable bonds is 7. The topological polar surface area (TPSA) is 102 Å². The number of likely N-dealkylation sites (N-methyl/N-ethyl adjacent to an activating group) is 1. The third kappa shape index (κ3) is 6.31. The molecule has 0 bridgehead atoms. The summed E-state index contributed by atoms with van der Waals surface area (Å²) in [5, 5.41) is 25.2. The molecule has 0 aromatic carbocycles. The van der Waals surface area contributed by atoms with Crippen LogP contribution in [0.4, 0.5) is 16.1 Å². The van der Waals surface area contributed by atoms with Gasteiger partial charge >= 0.3 is 0 Å². The molecule has 1 spiro atoms. The zero-order chi connectivity index (χ0) is 26.8. The molecule has 2 aliphatic heterocycles. The Morgan fingerprint density at radius 3 is 2.44 bits per heavy atom. The largest absolute Gasteiger partial charge is 0.355 e. The molecule has 2 atom stereocenters. The molecule has 0 radical (unpaired) electrons. The maximum absolute atomic E-state index is 13.8. The van der Waals surface area contributed by atoms with E-state index < -0.39 is 0 Å². The molecule has 2 saturated heterocycles. The minimum absolute atomic E-state index is 0.0861. The van der Waals surface area contributed by atoms with Crippen LogP contribution in [0.1, 0.15) is 57.8 Å². The van der Waals surface area contributed by atoms with Gasteiger partial charge in [-0.3, -0.25) is 15.0 Å². The summed E-state index contributed by atoms with van der Waals surface area (Å²) in [6.07, 6.45) is 11.4. The Labute approximate surface area is 239 Å². The summed E-state index contributed by atoms with van der Waals surface area (Å²) in [5.41, 5.74) is 0.565. The van der Waals surface area contributed by atoms with Crippen molar-refractivity contribution in [1.29, 1.82) is 0 Å². The molecule has 4 heterocycles. The summed E-state index contributed by atoms with van der Waals surface area (Å²) in [6.45, 7) is 5.57. The average Bonchev–Trinajstić information content (AvgIpc) is 3.70. The lowest BCUT2D eigenvalue weighted by Crippen LogP contribution is -2.56. The lowest BCUT2D eigenvalue weighted by atomic mass is 9.67. The van der Waals surface area contributed by atoms with Crippen molar-refractivity contribution in [2.24, 2.45) is 11.3 Å². The molecule has 2 aromatic heterocycles. The van der Waals surface area contributed by atoms with Gasteiger partial charge in [-0.05, 0) is 75.5 Å². The second kappa shape index (κ2) is 11.8. The molecular formula is C27H40ClN9OS. The number of amides is 1. The predicted molar refractivity (Wildman–Crippen MR) is 156 cm³/mol. The Balaban J connectivity index is 1.07. The number of hydrogen-bond donors (Lipinski definition) is 2. The van der Waals surface area contributed by atoms with Gasteiger partial charge in [0.05, 0.1) is 6.04 Å². The van der Waals surface area contributed by atoms with E-state index in [1.54, 1.807) is 6.07 Å². The highest BCUT2D eigenvalue weighted by Gasteiger charge is 2.43. The Bertz CT molecular complexity index is 1110. The van der Waals surface area contributed by atoms with Crippen molar-refractivity contribution < 1.29 is 4.79 Å². The van der Waals surface area contributed by atoms with Crippen molar-refractivity contribution in [2.75, 3.05) is 61.8 Å². The Morgan fingerprint density at radius 1 is 0.974 bits per heavy atom. The Hall–Kier alpha value is -2.08. The number of nitrogens with one attached hydrogen (secondary N) is 2. The molecule has 2 saturated carbocycles. The lowest BCUT2D eigenvalue weighted by Gasteiger charge is -2.44. The van der Waals surface area contributed by atoms with Gasteiger partial charge in [-0.15, -0.1) is 20.4 Å². The zero-order valence-electron chi connectivity index (χ0n) is 22.8. The molecule has 2 aliphatic carbocycles. The summed E-state index contributed by atoms with van der Waals surface area (Å²) < 4.78 is 0. The molecule has 0 unspecified atom stereocenters. The number of hydrogen-bond acceptors (Lipinski definition) is 10. The molecule has 4 fully saturated rings. The fourth-order valence-electron chi connectivity index (χ4n) is 7.22. The van der Waals surface area contributed by atoms with E-state index in [-0.39, 0.29) is 18.0 Å². The van der Waals surface area contributed by atoms with Gasteiger partial charge in [0.25, 0.3) is 0 Å².